The smallest absolute Gasteiger partial charge is 0.0858 e. The van der Waals surface area contributed by atoms with Crippen LogP contribution in [0, 0.1) is 0 Å². The number of rotatable bonds is 0. The highest BCUT2D eigenvalue weighted by atomic mass is 19.1. The van der Waals surface area contributed by atoms with Gasteiger partial charge in [0, 0.05) is 0 Å². The maximum atomic E-state index is 11.7. The first-order chi connectivity index (χ1) is 3.93. The Morgan fingerprint density at radius 1 is 1.12 bits per heavy atom. The molecule has 0 aromatic heterocycles. The topological polar surface area (TPSA) is 0 Å². The summed E-state index contributed by atoms with van der Waals surface area (Å²) < 4.78 is 11.7. The fourth-order valence-electron chi connectivity index (χ4n) is 1.12. The lowest BCUT2D eigenvalue weighted by molar-refractivity contribution is 0.575. The molecule has 0 unspecified atom stereocenters. The van der Waals surface area contributed by atoms with Gasteiger partial charge in [-0.15, -0.1) is 0 Å². The van der Waals surface area contributed by atoms with Gasteiger partial charge < -0.3 is 0 Å². The van der Waals surface area contributed by atoms with E-state index in [2.05, 4.69) is 0 Å². The van der Waals surface area contributed by atoms with Crippen LogP contribution < -0.4 is 0 Å². The molecule has 1 saturated carbocycles. The molecule has 0 bridgehead atoms. The van der Waals surface area contributed by atoms with Crippen molar-refractivity contribution in [2.75, 3.05) is 0 Å². The van der Waals surface area contributed by atoms with E-state index >= 15 is 0 Å². The summed E-state index contributed by atoms with van der Waals surface area (Å²) in [6.07, 6.45) is 6.44. The lowest BCUT2D eigenvalue weighted by Crippen LogP contribution is -1.91. The SMILES string of the molecule is FC=C1CCCCC1. The minimum absolute atomic E-state index is 0.777. The summed E-state index contributed by atoms with van der Waals surface area (Å²) in [7, 11) is 0. The van der Waals surface area contributed by atoms with Crippen LogP contribution in [-0.2, 0) is 0 Å². The van der Waals surface area contributed by atoms with Crippen molar-refractivity contribution in [1.82, 2.24) is 0 Å². The summed E-state index contributed by atoms with van der Waals surface area (Å²) in [5.74, 6) is 0. The molecule has 0 radical (unpaired) electrons. The van der Waals surface area contributed by atoms with Crippen molar-refractivity contribution in [2.24, 2.45) is 0 Å². The maximum Gasteiger partial charge on any atom is 0.0858 e. The van der Waals surface area contributed by atoms with Crippen molar-refractivity contribution in [3.8, 4) is 0 Å². The van der Waals surface area contributed by atoms with E-state index in [4.69, 9.17) is 0 Å². The molecule has 0 aromatic rings. The van der Waals surface area contributed by atoms with Gasteiger partial charge in [-0.05, 0) is 31.3 Å². The predicted octanol–water partition coefficient (Wildman–Crippen LogP) is 2.80. The standard InChI is InChI=1S/C7H11F/c8-6-7-4-2-1-3-5-7/h6H,1-5H2. The molecular formula is C7H11F. The Morgan fingerprint density at radius 2 is 1.75 bits per heavy atom. The number of hydrogen-bond donors (Lipinski definition) is 0. The Bertz CT molecular complexity index is 86.6. The first kappa shape index (κ1) is 5.80. The monoisotopic (exact) mass is 114 g/mol. The molecule has 46 valence electrons. The van der Waals surface area contributed by atoms with Crippen molar-refractivity contribution >= 4 is 0 Å². The van der Waals surface area contributed by atoms with E-state index in [1.165, 1.54) is 19.3 Å². The molecule has 0 N–H and O–H groups in total. The summed E-state index contributed by atoms with van der Waals surface area (Å²) in [6.45, 7) is 0. The molecule has 1 heteroatoms. The quantitative estimate of drug-likeness (QED) is 0.454. The Kier molecular flexibility index (Phi) is 2.07. The third kappa shape index (κ3) is 1.32. The van der Waals surface area contributed by atoms with Crippen molar-refractivity contribution < 1.29 is 4.39 Å². The van der Waals surface area contributed by atoms with Crippen LogP contribution in [0.25, 0.3) is 0 Å². The largest absolute Gasteiger partial charge is 0.216 e. The van der Waals surface area contributed by atoms with E-state index < -0.39 is 0 Å². The highest BCUT2D eigenvalue weighted by Crippen LogP contribution is 2.22. The Labute approximate surface area is 49.4 Å². The second kappa shape index (κ2) is 2.85. The fraction of sp³-hybridized carbons (Fsp3) is 0.714. The minimum atomic E-state index is 0.777. The molecule has 1 aliphatic rings. The second-order valence-corrected chi connectivity index (χ2v) is 2.33. The van der Waals surface area contributed by atoms with Crippen molar-refractivity contribution in [3.63, 3.8) is 0 Å². The molecule has 0 nitrogen and oxygen atoms in total. The molecule has 0 amide bonds. The summed E-state index contributed by atoms with van der Waals surface area (Å²) in [5.41, 5.74) is 1.01. The van der Waals surface area contributed by atoms with E-state index in [0.29, 0.717) is 0 Å². The fourth-order valence-corrected chi connectivity index (χ4v) is 1.12. The molecule has 0 aromatic carbocycles. The van der Waals surface area contributed by atoms with Gasteiger partial charge in [-0.1, -0.05) is 6.42 Å². The molecule has 1 rings (SSSR count). The van der Waals surface area contributed by atoms with Gasteiger partial charge in [0.15, 0.2) is 0 Å². The molecule has 8 heavy (non-hydrogen) atoms. The predicted molar refractivity (Wildman–Crippen MR) is 32.3 cm³/mol. The molecule has 0 heterocycles. The van der Waals surface area contributed by atoms with E-state index in [0.717, 1.165) is 24.7 Å². The van der Waals surface area contributed by atoms with E-state index in [1.807, 2.05) is 0 Å². The average Bonchev–Trinajstić information content (AvgIpc) is 1.90. The Morgan fingerprint density at radius 3 is 2.12 bits per heavy atom. The third-order valence-corrected chi connectivity index (χ3v) is 1.65. The van der Waals surface area contributed by atoms with Crippen LogP contribution in [0.1, 0.15) is 32.1 Å². The van der Waals surface area contributed by atoms with Crippen LogP contribution in [-0.4, -0.2) is 0 Å². The third-order valence-electron chi connectivity index (χ3n) is 1.65. The number of halogens is 1. The van der Waals surface area contributed by atoms with Crippen LogP contribution in [0.5, 0.6) is 0 Å². The minimum Gasteiger partial charge on any atom is -0.216 e. The first-order valence-electron chi connectivity index (χ1n) is 3.21. The van der Waals surface area contributed by atoms with Crippen molar-refractivity contribution in [3.05, 3.63) is 11.9 Å². The summed E-state index contributed by atoms with van der Waals surface area (Å²) in [6, 6.07) is 0. The van der Waals surface area contributed by atoms with Gasteiger partial charge >= 0.3 is 0 Å². The van der Waals surface area contributed by atoms with Gasteiger partial charge in [-0.25, -0.2) is 4.39 Å². The molecule has 0 aliphatic heterocycles. The zero-order valence-electron chi connectivity index (χ0n) is 4.99. The van der Waals surface area contributed by atoms with Gasteiger partial charge in [0.05, 0.1) is 6.33 Å². The van der Waals surface area contributed by atoms with Gasteiger partial charge in [-0.2, -0.15) is 0 Å². The normalized spacial score (nSPS) is 20.9. The maximum absolute atomic E-state index is 11.7. The highest BCUT2D eigenvalue weighted by Gasteiger charge is 2.03. The van der Waals surface area contributed by atoms with Crippen LogP contribution in [0.3, 0.4) is 0 Å². The average molecular weight is 114 g/mol. The van der Waals surface area contributed by atoms with Gasteiger partial charge in [-0.3, -0.25) is 0 Å². The summed E-state index contributed by atoms with van der Waals surface area (Å²) in [4.78, 5) is 0. The van der Waals surface area contributed by atoms with Gasteiger partial charge in [0.25, 0.3) is 0 Å². The molecule has 1 aliphatic carbocycles. The zero-order chi connectivity index (χ0) is 5.82. The van der Waals surface area contributed by atoms with Crippen molar-refractivity contribution in [1.29, 1.82) is 0 Å². The Balaban J connectivity index is 2.33. The number of hydrogen-bond acceptors (Lipinski definition) is 0. The second-order valence-electron chi connectivity index (χ2n) is 2.33. The number of allylic oxidation sites excluding steroid dienone is 1. The first-order valence-corrected chi connectivity index (χ1v) is 3.21. The highest BCUT2D eigenvalue weighted by molar-refractivity contribution is 4.99. The molecule has 0 saturated heterocycles. The molecule has 0 spiro atoms. The van der Waals surface area contributed by atoms with E-state index in [-0.39, 0.29) is 0 Å². The molecule has 1 fully saturated rings. The van der Waals surface area contributed by atoms with E-state index in [1.54, 1.807) is 0 Å². The molecular weight excluding hydrogens is 103 g/mol. The lowest BCUT2D eigenvalue weighted by Gasteiger charge is -2.10. The Hall–Kier alpha value is -0.330. The van der Waals surface area contributed by atoms with E-state index in [9.17, 15) is 4.39 Å². The van der Waals surface area contributed by atoms with Gasteiger partial charge in [0.1, 0.15) is 0 Å². The van der Waals surface area contributed by atoms with Crippen LogP contribution in [0.4, 0.5) is 4.39 Å². The van der Waals surface area contributed by atoms with Crippen molar-refractivity contribution in [2.45, 2.75) is 32.1 Å². The summed E-state index contributed by atoms with van der Waals surface area (Å²) in [5, 5.41) is 0. The van der Waals surface area contributed by atoms with Gasteiger partial charge in [0.2, 0.25) is 0 Å². The zero-order valence-corrected chi connectivity index (χ0v) is 4.99. The summed E-state index contributed by atoms with van der Waals surface area (Å²) >= 11 is 0. The van der Waals surface area contributed by atoms with Crippen LogP contribution in [0.2, 0.25) is 0 Å². The molecule has 0 atom stereocenters. The lowest BCUT2D eigenvalue weighted by atomic mass is 9.96. The van der Waals surface area contributed by atoms with Crippen LogP contribution in [0.15, 0.2) is 11.9 Å². The van der Waals surface area contributed by atoms with Crippen LogP contribution >= 0.6 is 0 Å².